The molecule has 0 saturated carbocycles. The van der Waals surface area contributed by atoms with Gasteiger partial charge < -0.3 is 9.80 Å². The Morgan fingerprint density at radius 3 is 2.40 bits per heavy atom. The van der Waals surface area contributed by atoms with Gasteiger partial charge >= 0.3 is 0 Å². The lowest BCUT2D eigenvalue weighted by Gasteiger charge is -2.36. The van der Waals surface area contributed by atoms with Gasteiger partial charge in [-0.25, -0.2) is 9.97 Å². The smallest absolute Gasteiger partial charge is 0.160 e. The van der Waals surface area contributed by atoms with E-state index in [0.29, 0.717) is 0 Å². The highest BCUT2D eigenvalue weighted by Gasteiger charge is 2.22. The number of fused-ring (bicyclic) bond motifs is 1. The molecule has 1 N–H and O–H groups in total. The largest absolute Gasteiger partial charge is 0.352 e. The van der Waals surface area contributed by atoms with Crippen LogP contribution in [0.4, 0.5) is 11.6 Å². The van der Waals surface area contributed by atoms with Crippen molar-refractivity contribution in [2.24, 2.45) is 0 Å². The third-order valence-corrected chi connectivity index (χ3v) is 4.55. The van der Waals surface area contributed by atoms with Crippen LogP contribution in [-0.4, -0.2) is 56.5 Å². The average Bonchev–Trinajstić information content (AvgIpc) is 3.10. The minimum absolute atomic E-state index is 0.0210. The topological polar surface area (TPSA) is 86.7 Å². The molecule has 25 heavy (non-hydrogen) atoms. The number of hydrogen-bond donors (Lipinski definition) is 1. The molecule has 0 unspecified atom stereocenters. The summed E-state index contributed by atoms with van der Waals surface area (Å²) in [4.78, 5) is 13.2. The Kier molecular flexibility index (Phi) is 3.74. The Balaban J connectivity index is 1.47. The number of nitrogens with zero attached hydrogens (tertiary/aromatic N) is 7. The molecule has 3 aromatic heterocycles. The van der Waals surface area contributed by atoms with Gasteiger partial charge in [-0.05, 0) is 12.1 Å². The number of nitrogens with one attached hydrogen (secondary N) is 1. The third kappa shape index (κ3) is 2.99. The predicted octanol–water partition coefficient (Wildman–Crippen LogP) is 1.77. The van der Waals surface area contributed by atoms with E-state index in [4.69, 9.17) is 0 Å². The van der Waals surface area contributed by atoms with Crippen LogP contribution >= 0.6 is 0 Å². The summed E-state index contributed by atoms with van der Waals surface area (Å²) in [6, 6.07) is 4.15. The molecule has 8 nitrogen and oxygen atoms in total. The highest BCUT2D eigenvalue weighted by molar-refractivity contribution is 5.86. The van der Waals surface area contributed by atoms with Gasteiger partial charge in [0.1, 0.15) is 12.1 Å². The number of piperazine rings is 1. The maximum Gasteiger partial charge on any atom is 0.160 e. The molecule has 0 spiro atoms. The molecule has 3 aromatic rings. The van der Waals surface area contributed by atoms with Gasteiger partial charge in [-0.1, -0.05) is 20.8 Å². The van der Waals surface area contributed by atoms with Gasteiger partial charge in [0, 0.05) is 31.6 Å². The second-order valence-corrected chi connectivity index (χ2v) is 7.33. The highest BCUT2D eigenvalue weighted by atomic mass is 15.3. The molecule has 1 fully saturated rings. The third-order valence-electron chi connectivity index (χ3n) is 4.55. The monoisotopic (exact) mass is 338 g/mol. The summed E-state index contributed by atoms with van der Waals surface area (Å²) >= 11 is 0. The van der Waals surface area contributed by atoms with E-state index in [2.05, 4.69) is 73.1 Å². The molecule has 0 aliphatic carbocycles. The molecule has 130 valence electrons. The van der Waals surface area contributed by atoms with E-state index in [1.807, 2.05) is 0 Å². The Bertz CT molecular complexity index is 856. The zero-order valence-corrected chi connectivity index (χ0v) is 14.8. The number of hydrogen-bond acceptors (Lipinski definition) is 7. The first kappa shape index (κ1) is 15.7. The van der Waals surface area contributed by atoms with Crippen LogP contribution in [0, 0.1) is 0 Å². The summed E-state index contributed by atoms with van der Waals surface area (Å²) in [5.41, 5.74) is 1.81. The number of anilines is 2. The fourth-order valence-corrected chi connectivity index (χ4v) is 3.05. The number of rotatable bonds is 2. The molecule has 0 bridgehead atoms. The Hall–Kier alpha value is -2.77. The highest BCUT2D eigenvalue weighted by Crippen LogP contribution is 2.24. The van der Waals surface area contributed by atoms with Crippen LogP contribution in [0.2, 0.25) is 0 Å². The van der Waals surface area contributed by atoms with Crippen LogP contribution < -0.4 is 9.80 Å². The van der Waals surface area contributed by atoms with E-state index in [0.717, 1.165) is 54.5 Å². The Labute approximate surface area is 146 Å². The second kappa shape index (κ2) is 5.94. The van der Waals surface area contributed by atoms with E-state index in [9.17, 15) is 0 Å². The standard InChI is InChI=1S/C17H22N8/c1-17(2,3)13-4-5-14(22-21-13)24-6-8-25(9-7-24)16-12-10-20-23-15(12)18-11-19-16/h4-5,10-11H,6-9H2,1-3H3,(H,18,19,20,23). The van der Waals surface area contributed by atoms with Crippen LogP contribution in [0.5, 0.6) is 0 Å². The summed E-state index contributed by atoms with van der Waals surface area (Å²) in [5.74, 6) is 1.87. The van der Waals surface area contributed by atoms with Crippen molar-refractivity contribution in [2.75, 3.05) is 36.0 Å². The maximum atomic E-state index is 4.45. The summed E-state index contributed by atoms with van der Waals surface area (Å²) in [6.07, 6.45) is 3.37. The van der Waals surface area contributed by atoms with Crippen molar-refractivity contribution in [1.82, 2.24) is 30.4 Å². The lowest BCUT2D eigenvalue weighted by molar-refractivity contribution is 0.556. The first-order valence-corrected chi connectivity index (χ1v) is 8.50. The number of H-pyrrole nitrogens is 1. The molecule has 0 atom stereocenters. The summed E-state index contributed by atoms with van der Waals surface area (Å²) in [6.45, 7) is 9.95. The maximum absolute atomic E-state index is 4.45. The van der Waals surface area contributed by atoms with Crippen LogP contribution in [0.25, 0.3) is 11.0 Å². The van der Waals surface area contributed by atoms with Gasteiger partial charge in [-0.3, -0.25) is 5.10 Å². The van der Waals surface area contributed by atoms with Gasteiger partial charge in [0.05, 0.1) is 17.3 Å². The van der Waals surface area contributed by atoms with Gasteiger partial charge in [0.2, 0.25) is 0 Å². The molecule has 0 amide bonds. The van der Waals surface area contributed by atoms with Crippen molar-refractivity contribution in [2.45, 2.75) is 26.2 Å². The van der Waals surface area contributed by atoms with E-state index < -0.39 is 0 Å². The van der Waals surface area contributed by atoms with Gasteiger partial charge in [-0.2, -0.15) is 10.2 Å². The fraction of sp³-hybridized carbons (Fsp3) is 0.471. The van der Waals surface area contributed by atoms with Crippen molar-refractivity contribution < 1.29 is 0 Å². The molecule has 1 saturated heterocycles. The average molecular weight is 338 g/mol. The lowest BCUT2D eigenvalue weighted by Crippen LogP contribution is -2.47. The van der Waals surface area contributed by atoms with Crippen molar-refractivity contribution in [3.63, 3.8) is 0 Å². The van der Waals surface area contributed by atoms with Gasteiger partial charge in [0.25, 0.3) is 0 Å². The number of aromatic amines is 1. The normalized spacial score (nSPS) is 15.8. The van der Waals surface area contributed by atoms with Crippen LogP contribution in [-0.2, 0) is 5.41 Å². The van der Waals surface area contributed by atoms with Crippen LogP contribution in [0.15, 0.2) is 24.7 Å². The molecule has 4 heterocycles. The van der Waals surface area contributed by atoms with Crippen molar-refractivity contribution in [3.8, 4) is 0 Å². The van der Waals surface area contributed by atoms with E-state index >= 15 is 0 Å². The Morgan fingerprint density at radius 1 is 0.960 bits per heavy atom. The molecule has 0 radical (unpaired) electrons. The minimum Gasteiger partial charge on any atom is -0.352 e. The quantitative estimate of drug-likeness (QED) is 0.762. The first-order valence-electron chi connectivity index (χ1n) is 8.50. The predicted molar refractivity (Wildman–Crippen MR) is 96.8 cm³/mol. The zero-order chi connectivity index (χ0) is 17.4. The molecule has 8 heteroatoms. The molecule has 4 rings (SSSR count). The Morgan fingerprint density at radius 2 is 1.72 bits per heavy atom. The van der Waals surface area contributed by atoms with Crippen molar-refractivity contribution in [3.05, 3.63) is 30.4 Å². The summed E-state index contributed by atoms with van der Waals surface area (Å²) in [5, 5.41) is 16.7. The van der Waals surface area contributed by atoms with E-state index in [1.165, 1.54) is 0 Å². The molecular weight excluding hydrogens is 316 g/mol. The SMILES string of the molecule is CC(C)(C)c1ccc(N2CCN(c3ncnc4[nH]ncc34)CC2)nn1. The van der Waals surface area contributed by atoms with Gasteiger partial charge in [0.15, 0.2) is 11.5 Å². The van der Waals surface area contributed by atoms with Crippen LogP contribution in [0.1, 0.15) is 26.5 Å². The molecule has 1 aliphatic heterocycles. The summed E-state index contributed by atoms with van der Waals surface area (Å²) < 4.78 is 0. The van der Waals surface area contributed by atoms with Crippen molar-refractivity contribution >= 4 is 22.7 Å². The fourth-order valence-electron chi connectivity index (χ4n) is 3.05. The molecular formula is C17H22N8. The number of aromatic nitrogens is 6. The van der Waals surface area contributed by atoms with Crippen molar-refractivity contribution in [1.29, 1.82) is 0 Å². The van der Waals surface area contributed by atoms with Crippen LogP contribution in [0.3, 0.4) is 0 Å². The molecule has 1 aliphatic rings. The summed E-state index contributed by atoms with van der Waals surface area (Å²) in [7, 11) is 0. The lowest BCUT2D eigenvalue weighted by atomic mass is 9.92. The first-order chi connectivity index (χ1) is 12.0. The zero-order valence-electron chi connectivity index (χ0n) is 14.8. The minimum atomic E-state index is 0.0210. The van der Waals surface area contributed by atoms with Gasteiger partial charge in [-0.15, -0.1) is 5.10 Å². The van der Waals surface area contributed by atoms with E-state index in [1.54, 1.807) is 12.5 Å². The van der Waals surface area contributed by atoms with E-state index in [-0.39, 0.29) is 5.41 Å². The second-order valence-electron chi connectivity index (χ2n) is 7.33. The molecule has 0 aromatic carbocycles.